The van der Waals surface area contributed by atoms with Crippen LogP contribution in [0.15, 0.2) is 30.3 Å². The van der Waals surface area contributed by atoms with Crippen LogP contribution in [0.25, 0.3) is 0 Å². The Balaban J connectivity index is 2.36. The van der Waals surface area contributed by atoms with E-state index in [0.717, 1.165) is 22.5 Å². The standard InChI is InChI=1S/C13H16N4/c1-9-7-10(2)17(16-9)8-11-5-3-4-6-12(11)13(14)15/h3-7H,8H2,1-2H3,(H3,14,15). The second kappa shape index (κ2) is 4.41. The summed E-state index contributed by atoms with van der Waals surface area (Å²) in [6.07, 6.45) is 0. The summed E-state index contributed by atoms with van der Waals surface area (Å²) in [7, 11) is 0. The van der Waals surface area contributed by atoms with E-state index in [9.17, 15) is 0 Å². The van der Waals surface area contributed by atoms with Crippen LogP contribution in [0, 0.1) is 19.3 Å². The fourth-order valence-corrected chi connectivity index (χ4v) is 1.92. The SMILES string of the molecule is Cc1cc(C)n(Cc2ccccc2C(=N)N)n1. The lowest BCUT2D eigenvalue weighted by atomic mass is 10.1. The van der Waals surface area contributed by atoms with E-state index in [4.69, 9.17) is 11.1 Å². The summed E-state index contributed by atoms with van der Waals surface area (Å²) in [4.78, 5) is 0. The highest BCUT2D eigenvalue weighted by atomic mass is 15.3. The zero-order valence-electron chi connectivity index (χ0n) is 10.1. The van der Waals surface area contributed by atoms with Crippen LogP contribution >= 0.6 is 0 Å². The summed E-state index contributed by atoms with van der Waals surface area (Å²) in [5.41, 5.74) is 9.48. The number of amidine groups is 1. The van der Waals surface area contributed by atoms with Crippen molar-refractivity contribution < 1.29 is 0 Å². The third kappa shape index (κ3) is 2.36. The molecule has 4 heteroatoms. The minimum atomic E-state index is 0.0992. The first-order valence-electron chi connectivity index (χ1n) is 5.51. The molecule has 0 fully saturated rings. The molecule has 4 nitrogen and oxygen atoms in total. The highest BCUT2D eigenvalue weighted by Crippen LogP contribution is 2.11. The molecule has 2 rings (SSSR count). The number of benzene rings is 1. The van der Waals surface area contributed by atoms with Crippen LogP contribution in [0.4, 0.5) is 0 Å². The van der Waals surface area contributed by atoms with E-state index in [1.807, 2.05) is 48.9 Å². The fraction of sp³-hybridized carbons (Fsp3) is 0.231. The molecule has 0 bridgehead atoms. The molecule has 17 heavy (non-hydrogen) atoms. The first kappa shape index (κ1) is 11.4. The maximum Gasteiger partial charge on any atom is 0.123 e. The number of nitrogens with two attached hydrogens (primary N) is 1. The first-order chi connectivity index (χ1) is 8.08. The number of rotatable bonds is 3. The van der Waals surface area contributed by atoms with Crippen LogP contribution in [0.1, 0.15) is 22.5 Å². The van der Waals surface area contributed by atoms with Crippen molar-refractivity contribution in [2.24, 2.45) is 5.73 Å². The topological polar surface area (TPSA) is 67.7 Å². The van der Waals surface area contributed by atoms with Crippen molar-refractivity contribution in [2.45, 2.75) is 20.4 Å². The molecule has 1 aromatic heterocycles. The van der Waals surface area contributed by atoms with Crippen LogP contribution in [-0.4, -0.2) is 15.6 Å². The summed E-state index contributed by atoms with van der Waals surface area (Å²) < 4.78 is 1.93. The number of nitrogens with one attached hydrogen (secondary N) is 1. The number of nitrogen functional groups attached to an aromatic ring is 1. The van der Waals surface area contributed by atoms with Crippen LogP contribution in [0.3, 0.4) is 0 Å². The quantitative estimate of drug-likeness (QED) is 0.621. The van der Waals surface area contributed by atoms with Gasteiger partial charge in [-0.05, 0) is 25.5 Å². The Morgan fingerprint density at radius 3 is 2.65 bits per heavy atom. The molecule has 0 spiro atoms. The Morgan fingerprint density at radius 1 is 1.35 bits per heavy atom. The van der Waals surface area contributed by atoms with E-state index in [1.165, 1.54) is 0 Å². The van der Waals surface area contributed by atoms with Crippen molar-refractivity contribution in [3.63, 3.8) is 0 Å². The van der Waals surface area contributed by atoms with E-state index in [0.29, 0.717) is 6.54 Å². The molecule has 1 aromatic carbocycles. The zero-order valence-corrected chi connectivity index (χ0v) is 10.1. The van der Waals surface area contributed by atoms with Gasteiger partial charge in [0, 0.05) is 11.3 Å². The molecular formula is C13H16N4. The van der Waals surface area contributed by atoms with E-state index in [1.54, 1.807) is 0 Å². The maximum absolute atomic E-state index is 7.55. The molecule has 3 N–H and O–H groups in total. The number of hydrogen-bond donors (Lipinski definition) is 2. The van der Waals surface area contributed by atoms with Gasteiger partial charge in [0.25, 0.3) is 0 Å². The molecule has 0 saturated heterocycles. The van der Waals surface area contributed by atoms with Crippen molar-refractivity contribution in [1.82, 2.24) is 9.78 Å². The summed E-state index contributed by atoms with van der Waals surface area (Å²) in [6, 6.07) is 9.72. The van der Waals surface area contributed by atoms with Gasteiger partial charge in [-0.3, -0.25) is 10.1 Å². The second-order valence-electron chi connectivity index (χ2n) is 4.16. The number of hydrogen-bond acceptors (Lipinski definition) is 2. The van der Waals surface area contributed by atoms with Crippen molar-refractivity contribution in [1.29, 1.82) is 5.41 Å². The molecule has 0 aliphatic carbocycles. The number of aromatic nitrogens is 2. The third-order valence-electron chi connectivity index (χ3n) is 2.73. The van der Waals surface area contributed by atoms with E-state index >= 15 is 0 Å². The third-order valence-corrected chi connectivity index (χ3v) is 2.73. The van der Waals surface area contributed by atoms with Crippen molar-refractivity contribution in [2.75, 3.05) is 0 Å². The fourth-order valence-electron chi connectivity index (χ4n) is 1.92. The van der Waals surface area contributed by atoms with Crippen LogP contribution in [-0.2, 0) is 6.54 Å². The van der Waals surface area contributed by atoms with Crippen molar-refractivity contribution >= 4 is 5.84 Å². The lowest BCUT2D eigenvalue weighted by Gasteiger charge is -2.09. The van der Waals surface area contributed by atoms with Gasteiger partial charge < -0.3 is 5.73 Å². The number of aryl methyl sites for hydroxylation is 2. The highest BCUT2D eigenvalue weighted by Gasteiger charge is 2.07. The lowest BCUT2D eigenvalue weighted by Crippen LogP contribution is -2.16. The molecule has 2 aromatic rings. The largest absolute Gasteiger partial charge is 0.384 e. The average Bonchev–Trinajstić information content (AvgIpc) is 2.58. The lowest BCUT2D eigenvalue weighted by molar-refractivity contribution is 0.658. The van der Waals surface area contributed by atoms with E-state index in [-0.39, 0.29) is 5.84 Å². The Kier molecular flexibility index (Phi) is 2.95. The average molecular weight is 228 g/mol. The molecular weight excluding hydrogens is 212 g/mol. The predicted molar refractivity (Wildman–Crippen MR) is 68.3 cm³/mol. The smallest absolute Gasteiger partial charge is 0.123 e. The Labute approximate surface area is 101 Å². The first-order valence-corrected chi connectivity index (χ1v) is 5.51. The second-order valence-corrected chi connectivity index (χ2v) is 4.16. The molecule has 0 unspecified atom stereocenters. The van der Waals surface area contributed by atoms with Gasteiger partial charge in [-0.2, -0.15) is 5.10 Å². The summed E-state index contributed by atoms with van der Waals surface area (Å²) in [6.45, 7) is 4.65. The van der Waals surface area contributed by atoms with E-state index < -0.39 is 0 Å². The Bertz CT molecular complexity index is 554. The molecule has 1 heterocycles. The van der Waals surface area contributed by atoms with E-state index in [2.05, 4.69) is 5.10 Å². The van der Waals surface area contributed by atoms with Crippen LogP contribution in [0.2, 0.25) is 0 Å². The molecule has 0 aliphatic heterocycles. The molecule has 0 aliphatic rings. The maximum atomic E-state index is 7.55. The molecule has 0 saturated carbocycles. The predicted octanol–water partition coefficient (Wildman–Crippen LogP) is 1.83. The van der Waals surface area contributed by atoms with Crippen molar-refractivity contribution in [3.8, 4) is 0 Å². The van der Waals surface area contributed by atoms with Gasteiger partial charge in [-0.25, -0.2) is 0 Å². The van der Waals surface area contributed by atoms with Crippen molar-refractivity contribution in [3.05, 3.63) is 52.8 Å². The highest BCUT2D eigenvalue weighted by molar-refractivity contribution is 5.96. The van der Waals surface area contributed by atoms with Crippen LogP contribution < -0.4 is 5.73 Å². The summed E-state index contributed by atoms with van der Waals surface area (Å²) in [5.74, 6) is 0.0992. The Hall–Kier alpha value is -2.10. The monoisotopic (exact) mass is 228 g/mol. The van der Waals surface area contributed by atoms with Gasteiger partial charge in [0.05, 0.1) is 12.2 Å². The minimum absolute atomic E-state index is 0.0992. The molecule has 0 atom stereocenters. The molecule has 0 radical (unpaired) electrons. The number of nitrogens with zero attached hydrogens (tertiary/aromatic N) is 2. The van der Waals surface area contributed by atoms with Gasteiger partial charge in [0.1, 0.15) is 5.84 Å². The molecule has 0 amide bonds. The van der Waals surface area contributed by atoms with Gasteiger partial charge in [0.2, 0.25) is 0 Å². The Morgan fingerprint density at radius 2 is 2.06 bits per heavy atom. The van der Waals surface area contributed by atoms with Gasteiger partial charge in [0.15, 0.2) is 0 Å². The minimum Gasteiger partial charge on any atom is -0.384 e. The van der Waals surface area contributed by atoms with Gasteiger partial charge in [-0.1, -0.05) is 24.3 Å². The summed E-state index contributed by atoms with van der Waals surface area (Å²) in [5, 5.41) is 12.0. The summed E-state index contributed by atoms with van der Waals surface area (Å²) >= 11 is 0. The molecule has 88 valence electrons. The van der Waals surface area contributed by atoms with Gasteiger partial charge >= 0.3 is 0 Å². The van der Waals surface area contributed by atoms with Crippen LogP contribution in [0.5, 0.6) is 0 Å². The van der Waals surface area contributed by atoms with Gasteiger partial charge in [-0.15, -0.1) is 0 Å². The zero-order chi connectivity index (χ0) is 12.4. The normalized spacial score (nSPS) is 10.5.